The first kappa shape index (κ1) is 20.5. The molecule has 9 nitrogen and oxygen atoms in total. The van der Waals surface area contributed by atoms with Crippen LogP contribution in [0.3, 0.4) is 0 Å². The molecule has 1 saturated carbocycles. The van der Waals surface area contributed by atoms with Gasteiger partial charge in [0.05, 0.1) is 11.4 Å². The molecule has 0 aromatic carbocycles. The van der Waals surface area contributed by atoms with Gasteiger partial charge in [-0.2, -0.15) is 0 Å². The molecule has 1 unspecified atom stereocenters. The highest BCUT2D eigenvalue weighted by Gasteiger charge is 2.60. The Morgan fingerprint density at radius 1 is 1.13 bits per heavy atom. The number of carbonyl (C=O) groups excluding carboxylic acids is 5. The van der Waals surface area contributed by atoms with Crippen molar-refractivity contribution < 1.29 is 28.8 Å². The average molecular weight is 431 g/mol. The Kier molecular flexibility index (Phi) is 5.59. The van der Waals surface area contributed by atoms with Crippen LogP contribution in [0.4, 0.5) is 0 Å². The van der Waals surface area contributed by atoms with Crippen LogP contribution in [-0.2, 0) is 28.8 Å². The van der Waals surface area contributed by atoms with Crippen LogP contribution in [-0.4, -0.2) is 55.8 Å². The van der Waals surface area contributed by atoms with E-state index in [1.54, 1.807) is 12.3 Å². The Morgan fingerprint density at radius 3 is 2.50 bits per heavy atom. The third kappa shape index (κ3) is 3.96. The summed E-state index contributed by atoms with van der Waals surface area (Å²) in [7, 11) is 0. The fourth-order valence-corrected chi connectivity index (χ4v) is 5.21. The molecule has 1 aliphatic carbocycles. The third-order valence-corrected chi connectivity index (χ3v) is 6.91. The van der Waals surface area contributed by atoms with Gasteiger partial charge in [0.1, 0.15) is 4.75 Å². The average Bonchev–Trinajstić information content (AvgIpc) is 3.50. The molecule has 2 saturated heterocycles. The summed E-state index contributed by atoms with van der Waals surface area (Å²) in [5.74, 6) is -2.17. The predicted octanol–water partition coefficient (Wildman–Crippen LogP) is 1.47. The largest absolute Gasteiger partial charge is 0.333 e. The fraction of sp³-hybridized carbons (Fsp3) is 0.500. The van der Waals surface area contributed by atoms with E-state index in [1.165, 1.54) is 16.7 Å². The monoisotopic (exact) mass is 431 g/mol. The molecule has 0 N–H and O–H groups in total. The van der Waals surface area contributed by atoms with Crippen molar-refractivity contribution in [3.63, 3.8) is 0 Å². The lowest BCUT2D eigenvalue weighted by Crippen LogP contribution is -2.40. The van der Waals surface area contributed by atoms with Gasteiger partial charge in [-0.3, -0.25) is 24.1 Å². The molecule has 3 aliphatic rings. The van der Waals surface area contributed by atoms with Gasteiger partial charge in [0.15, 0.2) is 0 Å². The maximum Gasteiger partial charge on any atom is 0.333 e. The van der Waals surface area contributed by atoms with E-state index in [2.05, 4.69) is 4.98 Å². The quantitative estimate of drug-likeness (QED) is 0.569. The number of likely N-dealkylation sites (tertiary alicyclic amines) is 1. The molecule has 3 fully saturated rings. The van der Waals surface area contributed by atoms with Gasteiger partial charge < -0.3 is 4.84 Å². The summed E-state index contributed by atoms with van der Waals surface area (Å²) in [6.45, 7) is 0.0892. The summed E-state index contributed by atoms with van der Waals surface area (Å²) in [6.07, 6.45) is 3.72. The minimum Gasteiger partial charge on any atom is -0.330 e. The van der Waals surface area contributed by atoms with Crippen molar-refractivity contribution in [2.45, 2.75) is 54.7 Å². The number of pyridine rings is 1. The first-order valence-corrected chi connectivity index (χ1v) is 10.7. The van der Waals surface area contributed by atoms with Crippen molar-refractivity contribution in [1.29, 1.82) is 0 Å². The lowest BCUT2D eigenvalue weighted by atomic mass is 10.0. The molecule has 4 amide bonds. The molecular weight excluding hydrogens is 410 g/mol. The number of aromatic nitrogens is 1. The highest BCUT2D eigenvalue weighted by Crippen LogP contribution is 2.55. The van der Waals surface area contributed by atoms with Gasteiger partial charge in [-0.05, 0) is 37.3 Å². The zero-order chi connectivity index (χ0) is 21.3. The molecular formula is C20H21N3O6S. The Hall–Kier alpha value is -2.75. The summed E-state index contributed by atoms with van der Waals surface area (Å²) in [5, 5.41) is 1.20. The Balaban J connectivity index is 1.35. The number of hydrogen-bond donors (Lipinski definition) is 0. The highest BCUT2D eigenvalue weighted by molar-refractivity contribution is 8.01. The minimum absolute atomic E-state index is 0.0279. The van der Waals surface area contributed by atoms with Crippen molar-refractivity contribution >= 4 is 41.4 Å². The van der Waals surface area contributed by atoms with Gasteiger partial charge in [0.2, 0.25) is 11.8 Å². The molecule has 30 heavy (non-hydrogen) atoms. The van der Waals surface area contributed by atoms with E-state index in [0.717, 1.165) is 12.8 Å². The maximum absolute atomic E-state index is 13.2. The predicted molar refractivity (Wildman–Crippen MR) is 103 cm³/mol. The number of thioether (sulfide) groups is 1. The van der Waals surface area contributed by atoms with Crippen LogP contribution >= 0.6 is 11.8 Å². The Morgan fingerprint density at radius 2 is 1.87 bits per heavy atom. The van der Waals surface area contributed by atoms with Gasteiger partial charge in [-0.15, -0.1) is 5.06 Å². The van der Waals surface area contributed by atoms with Crippen molar-refractivity contribution in [2.24, 2.45) is 5.92 Å². The summed E-state index contributed by atoms with van der Waals surface area (Å²) in [5.41, 5.74) is 0. The maximum atomic E-state index is 13.2. The summed E-state index contributed by atoms with van der Waals surface area (Å²) >= 11 is 1.35. The zero-order valence-corrected chi connectivity index (χ0v) is 17.1. The number of carbonyl (C=O) groups is 5. The van der Waals surface area contributed by atoms with Gasteiger partial charge in [-0.1, -0.05) is 17.8 Å². The lowest BCUT2D eigenvalue weighted by molar-refractivity contribution is -0.197. The molecule has 10 heteroatoms. The Labute approximate surface area is 177 Å². The molecule has 1 aromatic heterocycles. The van der Waals surface area contributed by atoms with Crippen LogP contribution in [0, 0.1) is 5.92 Å². The molecule has 0 spiro atoms. The molecule has 3 heterocycles. The van der Waals surface area contributed by atoms with Crippen LogP contribution in [0.1, 0.15) is 44.9 Å². The van der Waals surface area contributed by atoms with E-state index in [9.17, 15) is 24.0 Å². The van der Waals surface area contributed by atoms with Crippen molar-refractivity contribution in [1.82, 2.24) is 14.9 Å². The first-order chi connectivity index (χ1) is 14.4. The van der Waals surface area contributed by atoms with Gasteiger partial charge in [0.25, 0.3) is 11.8 Å². The molecule has 1 atom stereocenters. The number of amides is 4. The SMILES string of the molecule is O=C(CCCN1C(=O)CC(Sc2ccccn2)(C2CC2)C1=O)ON1C(=O)CCC1=O. The normalized spacial score (nSPS) is 24.1. The molecule has 158 valence electrons. The topological polar surface area (TPSA) is 114 Å². The number of imide groups is 2. The zero-order valence-electron chi connectivity index (χ0n) is 16.2. The molecule has 4 rings (SSSR count). The molecule has 1 aromatic rings. The molecule has 2 aliphatic heterocycles. The fourth-order valence-electron chi connectivity index (χ4n) is 3.78. The van der Waals surface area contributed by atoms with E-state index in [0.29, 0.717) is 10.1 Å². The third-order valence-electron chi connectivity index (χ3n) is 5.44. The van der Waals surface area contributed by atoms with Gasteiger partial charge in [-0.25, -0.2) is 9.78 Å². The number of hydrogen-bond acceptors (Lipinski definition) is 8. The standard InChI is InChI=1S/C20H21N3O6S/c24-15-8-9-16(25)23(15)29-18(27)5-3-11-22-17(26)12-20(19(22)28,13-6-7-13)30-14-4-1-2-10-21-14/h1-2,4,10,13H,3,5-9,11-12H2. The van der Waals surface area contributed by atoms with Crippen molar-refractivity contribution in [2.75, 3.05) is 6.54 Å². The van der Waals surface area contributed by atoms with Crippen LogP contribution < -0.4 is 0 Å². The first-order valence-electron chi connectivity index (χ1n) is 9.92. The summed E-state index contributed by atoms with van der Waals surface area (Å²) in [4.78, 5) is 71.1. The van der Waals surface area contributed by atoms with Gasteiger partial charge in [0, 0.05) is 32.0 Å². The van der Waals surface area contributed by atoms with E-state index in [1.807, 2.05) is 12.1 Å². The minimum atomic E-state index is -0.833. The Bertz CT molecular complexity index is 887. The lowest BCUT2D eigenvalue weighted by Gasteiger charge is -2.25. The van der Waals surface area contributed by atoms with Crippen LogP contribution in [0.2, 0.25) is 0 Å². The molecule has 0 bridgehead atoms. The second-order valence-electron chi connectivity index (χ2n) is 7.61. The van der Waals surface area contributed by atoms with E-state index < -0.39 is 22.5 Å². The number of rotatable bonds is 8. The van der Waals surface area contributed by atoms with E-state index in [-0.39, 0.29) is 56.4 Å². The smallest absolute Gasteiger partial charge is 0.330 e. The van der Waals surface area contributed by atoms with E-state index >= 15 is 0 Å². The second kappa shape index (κ2) is 8.17. The van der Waals surface area contributed by atoms with Crippen LogP contribution in [0.25, 0.3) is 0 Å². The summed E-state index contributed by atoms with van der Waals surface area (Å²) < 4.78 is -0.833. The van der Waals surface area contributed by atoms with E-state index in [4.69, 9.17) is 4.84 Å². The highest BCUT2D eigenvalue weighted by atomic mass is 32.2. The second-order valence-corrected chi connectivity index (χ2v) is 8.96. The van der Waals surface area contributed by atoms with Gasteiger partial charge >= 0.3 is 5.97 Å². The van der Waals surface area contributed by atoms with Crippen molar-refractivity contribution in [3.8, 4) is 0 Å². The van der Waals surface area contributed by atoms with Crippen LogP contribution in [0.5, 0.6) is 0 Å². The summed E-state index contributed by atoms with van der Waals surface area (Å²) in [6, 6.07) is 5.47. The number of hydroxylamine groups is 2. The van der Waals surface area contributed by atoms with Crippen molar-refractivity contribution in [3.05, 3.63) is 24.4 Å². The number of nitrogens with zero attached hydrogens (tertiary/aromatic N) is 3. The van der Waals surface area contributed by atoms with Crippen LogP contribution in [0.15, 0.2) is 29.4 Å². The molecule has 0 radical (unpaired) electrons.